The number of rotatable bonds is 4. The number of halogens is 3. The van der Waals surface area contributed by atoms with E-state index in [1.807, 2.05) is 6.92 Å². The molecule has 2 aromatic carbocycles. The van der Waals surface area contributed by atoms with Crippen LogP contribution in [0.2, 0.25) is 0 Å². The van der Waals surface area contributed by atoms with Crippen molar-refractivity contribution in [3.63, 3.8) is 0 Å². The smallest absolute Gasteiger partial charge is 0.299 e. The van der Waals surface area contributed by atoms with E-state index in [1.165, 1.54) is 22.8 Å². The highest BCUT2D eigenvalue weighted by atomic mass is 32.2. The zero-order chi connectivity index (χ0) is 19.1. The lowest BCUT2D eigenvalue weighted by Crippen LogP contribution is -2.13. The van der Waals surface area contributed by atoms with E-state index in [-0.39, 0.29) is 15.5 Å². The second-order valence-electron chi connectivity index (χ2n) is 5.42. The molecule has 0 bridgehead atoms. The molecular weight excluding hydrogens is 389 g/mol. The average molecular weight is 402 g/mol. The molecule has 1 N–H and O–H groups in total. The topological polar surface area (TPSA) is 68.2 Å². The third kappa shape index (κ3) is 3.47. The molecular formula is C16H13F3N2O3S2. The van der Waals surface area contributed by atoms with Crippen LogP contribution >= 0.6 is 11.3 Å². The Morgan fingerprint density at radius 1 is 1.12 bits per heavy atom. The summed E-state index contributed by atoms with van der Waals surface area (Å²) in [6, 6.07) is 7.96. The molecule has 1 aromatic heterocycles. The molecule has 0 aliphatic heterocycles. The van der Waals surface area contributed by atoms with E-state index in [4.69, 9.17) is 0 Å². The summed E-state index contributed by atoms with van der Waals surface area (Å²) in [7, 11) is -4.00. The van der Waals surface area contributed by atoms with Gasteiger partial charge >= 0.3 is 11.0 Å². The van der Waals surface area contributed by atoms with Crippen LogP contribution in [0.15, 0.2) is 52.2 Å². The summed E-state index contributed by atoms with van der Waals surface area (Å²) >= 11 is 0.935. The maximum Gasteiger partial charge on any atom is 0.416 e. The molecule has 5 nitrogen and oxygen atoms in total. The minimum Gasteiger partial charge on any atom is -0.299 e. The van der Waals surface area contributed by atoms with E-state index < -0.39 is 21.8 Å². The summed E-state index contributed by atoms with van der Waals surface area (Å²) in [4.78, 5) is 11.6. The number of anilines is 1. The molecule has 138 valence electrons. The fourth-order valence-corrected chi connectivity index (χ4v) is 4.61. The van der Waals surface area contributed by atoms with Crippen LogP contribution in [0.5, 0.6) is 0 Å². The molecule has 26 heavy (non-hydrogen) atoms. The first-order valence-corrected chi connectivity index (χ1v) is 9.75. The Labute approximate surface area is 150 Å². The molecule has 0 unspecified atom stereocenters. The maximum atomic E-state index is 12.6. The molecule has 3 aromatic rings. The van der Waals surface area contributed by atoms with Crippen LogP contribution in [0.3, 0.4) is 0 Å². The first kappa shape index (κ1) is 18.5. The van der Waals surface area contributed by atoms with Gasteiger partial charge in [0, 0.05) is 12.2 Å². The molecule has 0 aliphatic rings. The van der Waals surface area contributed by atoms with Gasteiger partial charge in [0.1, 0.15) is 0 Å². The van der Waals surface area contributed by atoms with Gasteiger partial charge in [0.05, 0.1) is 20.7 Å². The predicted molar refractivity (Wildman–Crippen MR) is 94.0 cm³/mol. The van der Waals surface area contributed by atoms with Crippen molar-refractivity contribution in [2.24, 2.45) is 0 Å². The summed E-state index contributed by atoms with van der Waals surface area (Å²) < 4.78 is 66.9. The van der Waals surface area contributed by atoms with Crippen molar-refractivity contribution in [2.45, 2.75) is 24.5 Å². The van der Waals surface area contributed by atoms with Gasteiger partial charge in [-0.25, -0.2) is 8.42 Å². The lowest BCUT2D eigenvalue weighted by atomic mass is 10.2. The van der Waals surface area contributed by atoms with Crippen molar-refractivity contribution < 1.29 is 21.6 Å². The fraction of sp³-hybridized carbons (Fsp3) is 0.188. The molecule has 0 radical (unpaired) electrons. The van der Waals surface area contributed by atoms with Crippen molar-refractivity contribution in [1.29, 1.82) is 0 Å². The second kappa shape index (κ2) is 6.44. The van der Waals surface area contributed by atoms with Gasteiger partial charge in [-0.05, 0) is 49.4 Å². The summed E-state index contributed by atoms with van der Waals surface area (Å²) in [5.74, 6) is 0. The number of benzene rings is 2. The van der Waals surface area contributed by atoms with E-state index >= 15 is 0 Å². The van der Waals surface area contributed by atoms with Gasteiger partial charge in [-0.1, -0.05) is 11.3 Å². The normalized spacial score (nSPS) is 12.5. The number of nitrogens with one attached hydrogen (secondary N) is 1. The molecule has 0 amide bonds. The first-order valence-electron chi connectivity index (χ1n) is 7.45. The van der Waals surface area contributed by atoms with Gasteiger partial charge < -0.3 is 0 Å². The van der Waals surface area contributed by atoms with Crippen molar-refractivity contribution in [1.82, 2.24) is 4.57 Å². The lowest BCUT2D eigenvalue weighted by molar-refractivity contribution is -0.137. The first-order chi connectivity index (χ1) is 12.1. The number of sulfonamides is 1. The highest BCUT2D eigenvalue weighted by Gasteiger charge is 2.30. The number of aryl methyl sites for hydroxylation is 1. The molecule has 0 spiro atoms. The standard InChI is InChI=1S/C16H13F3N2O3S2/c1-2-21-13-8-7-12(9-14(13)25-15(21)22)26(23,24)20-11-5-3-10(4-6-11)16(17,18)19/h3-9,20H,2H2,1H3. The van der Waals surface area contributed by atoms with Crippen LogP contribution in [0, 0.1) is 0 Å². The Bertz CT molecular complexity index is 1110. The van der Waals surface area contributed by atoms with Gasteiger partial charge in [-0.2, -0.15) is 13.2 Å². The van der Waals surface area contributed by atoms with Gasteiger partial charge in [0.25, 0.3) is 10.0 Å². The lowest BCUT2D eigenvalue weighted by Gasteiger charge is -2.10. The molecule has 0 fully saturated rings. The van der Waals surface area contributed by atoms with E-state index in [2.05, 4.69) is 4.72 Å². The van der Waals surface area contributed by atoms with E-state index in [9.17, 15) is 26.4 Å². The summed E-state index contributed by atoms with van der Waals surface area (Å²) in [6.45, 7) is 2.28. The number of fused-ring (bicyclic) bond motifs is 1. The van der Waals surface area contributed by atoms with Crippen LogP contribution in [-0.2, 0) is 22.7 Å². The highest BCUT2D eigenvalue weighted by Crippen LogP contribution is 2.30. The third-order valence-electron chi connectivity index (χ3n) is 3.73. The molecule has 0 aliphatic carbocycles. The Hall–Kier alpha value is -2.33. The van der Waals surface area contributed by atoms with Crippen LogP contribution in [0.1, 0.15) is 12.5 Å². The van der Waals surface area contributed by atoms with Crippen LogP contribution in [0.25, 0.3) is 10.2 Å². The predicted octanol–water partition coefficient (Wildman–Crippen LogP) is 3.90. The Balaban J connectivity index is 1.93. The van der Waals surface area contributed by atoms with E-state index in [1.54, 1.807) is 0 Å². The number of nitrogens with zero attached hydrogens (tertiary/aromatic N) is 1. The highest BCUT2D eigenvalue weighted by molar-refractivity contribution is 7.92. The average Bonchev–Trinajstić information content (AvgIpc) is 2.88. The number of thiazole rings is 1. The van der Waals surface area contributed by atoms with Gasteiger partial charge in [0.2, 0.25) is 0 Å². The number of alkyl halides is 3. The van der Waals surface area contributed by atoms with Crippen LogP contribution < -0.4 is 9.60 Å². The second-order valence-corrected chi connectivity index (χ2v) is 8.10. The zero-order valence-electron chi connectivity index (χ0n) is 13.4. The number of hydrogen-bond donors (Lipinski definition) is 1. The molecule has 0 saturated carbocycles. The van der Waals surface area contributed by atoms with Crippen molar-refractivity contribution in [3.05, 3.63) is 57.7 Å². The summed E-state index contributed by atoms with van der Waals surface area (Å²) in [5, 5.41) is 0. The Kier molecular flexibility index (Phi) is 4.57. The number of aromatic nitrogens is 1. The minimum absolute atomic E-state index is 0.0115. The van der Waals surface area contributed by atoms with E-state index in [0.717, 1.165) is 35.6 Å². The summed E-state index contributed by atoms with van der Waals surface area (Å²) in [6.07, 6.45) is -4.49. The van der Waals surface area contributed by atoms with Crippen molar-refractivity contribution >= 4 is 37.3 Å². The molecule has 1 heterocycles. The minimum atomic E-state index is -4.49. The van der Waals surface area contributed by atoms with Gasteiger partial charge in [-0.3, -0.25) is 14.1 Å². The molecule has 0 saturated heterocycles. The molecule has 10 heteroatoms. The quantitative estimate of drug-likeness (QED) is 0.720. The maximum absolute atomic E-state index is 12.6. The monoisotopic (exact) mass is 402 g/mol. The largest absolute Gasteiger partial charge is 0.416 e. The fourth-order valence-electron chi connectivity index (χ4n) is 2.45. The molecule has 3 rings (SSSR count). The van der Waals surface area contributed by atoms with Crippen molar-refractivity contribution in [3.8, 4) is 0 Å². The van der Waals surface area contributed by atoms with Gasteiger partial charge in [0.15, 0.2) is 0 Å². The SMILES string of the molecule is CCn1c(=O)sc2cc(S(=O)(=O)Nc3ccc(C(F)(F)F)cc3)ccc21. The Morgan fingerprint density at radius 3 is 2.35 bits per heavy atom. The van der Waals surface area contributed by atoms with Crippen molar-refractivity contribution in [2.75, 3.05) is 4.72 Å². The summed E-state index contributed by atoms with van der Waals surface area (Å²) in [5.41, 5.74) is -0.221. The Morgan fingerprint density at radius 2 is 1.77 bits per heavy atom. The third-order valence-corrected chi connectivity index (χ3v) is 6.05. The number of hydrogen-bond acceptors (Lipinski definition) is 4. The van der Waals surface area contributed by atoms with E-state index in [0.29, 0.717) is 16.8 Å². The van der Waals surface area contributed by atoms with Gasteiger partial charge in [-0.15, -0.1) is 0 Å². The molecule has 0 atom stereocenters. The van der Waals surface area contributed by atoms with Crippen LogP contribution in [-0.4, -0.2) is 13.0 Å². The zero-order valence-corrected chi connectivity index (χ0v) is 15.0. The van der Waals surface area contributed by atoms with Crippen LogP contribution in [0.4, 0.5) is 18.9 Å².